The Bertz CT molecular complexity index is 1920. The fraction of sp³-hybridized carbons (Fsp3) is 0.235. The number of aliphatic carboxylic acids is 2. The number of hydrogen-bond acceptors (Lipinski definition) is 4. The van der Waals surface area contributed by atoms with Gasteiger partial charge in [-0.05, 0) is 98.2 Å². The molecule has 0 spiro atoms. The molecule has 2 aliphatic heterocycles. The second-order valence-electron chi connectivity index (χ2n) is 10.7. The Morgan fingerprint density at radius 1 is 0.674 bits per heavy atom. The minimum atomic E-state index is -0.889. The standard InChI is InChI=1S/C34H34N4O4.Gd/c1-7-21-17(3)25-13-26-19(5)23(9-11-33(39)40)31(37-26)16-32-24(10-12-34(41)42)20(6)28(38-32)15-30-22(8-2)18(4)27(36-30)14-29(21)35-25;/h7-8,13-16,35-36H,1-2,9-12H2,3-6H3,(H,39,40)(H,41,42);. The summed E-state index contributed by atoms with van der Waals surface area (Å²) in [5, 5.41) is 18.9. The van der Waals surface area contributed by atoms with Gasteiger partial charge in [0.25, 0.3) is 0 Å². The van der Waals surface area contributed by atoms with E-state index in [1.165, 1.54) is 0 Å². The molecule has 2 aliphatic rings. The van der Waals surface area contributed by atoms with E-state index in [2.05, 4.69) is 29.2 Å². The van der Waals surface area contributed by atoms with Crippen LogP contribution in [0.4, 0.5) is 0 Å². The molecule has 3 aromatic heterocycles. The fourth-order valence-corrected chi connectivity index (χ4v) is 5.77. The normalized spacial score (nSPS) is 12.7. The molecule has 222 valence electrons. The number of nitrogens with one attached hydrogen (secondary N) is 2. The number of H-pyrrole nitrogens is 2. The zero-order chi connectivity index (χ0) is 30.3. The monoisotopic (exact) mass is 720 g/mol. The van der Waals surface area contributed by atoms with Gasteiger partial charge in [0.15, 0.2) is 0 Å². The van der Waals surface area contributed by atoms with Crippen LogP contribution in [0.3, 0.4) is 0 Å². The molecule has 0 saturated heterocycles. The maximum Gasteiger partial charge on any atom is 0.303 e. The molecule has 0 saturated carbocycles. The summed E-state index contributed by atoms with van der Waals surface area (Å²) in [4.78, 5) is 40.0. The number of allylic oxidation sites excluding steroid dienone is 4. The second kappa shape index (κ2) is 12.9. The summed E-state index contributed by atoms with van der Waals surface area (Å²) >= 11 is 0. The third kappa shape index (κ3) is 6.21. The van der Waals surface area contributed by atoms with Crippen molar-refractivity contribution in [3.63, 3.8) is 0 Å². The fourth-order valence-electron chi connectivity index (χ4n) is 5.77. The Labute approximate surface area is 282 Å². The number of nitrogens with zero attached hydrogens (tertiary/aromatic N) is 2. The van der Waals surface area contributed by atoms with Crippen LogP contribution in [-0.4, -0.2) is 42.1 Å². The molecule has 9 heteroatoms. The third-order valence-corrected chi connectivity index (χ3v) is 8.22. The zero-order valence-electron chi connectivity index (χ0n) is 24.7. The van der Waals surface area contributed by atoms with Crippen LogP contribution in [0.1, 0.15) is 84.6 Å². The predicted molar refractivity (Wildman–Crippen MR) is 169 cm³/mol. The van der Waals surface area contributed by atoms with E-state index in [4.69, 9.17) is 9.97 Å². The summed E-state index contributed by atoms with van der Waals surface area (Å²) in [5.74, 6) is -1.78. The number of rotatable bonds is 8. The molecule has 0 unspecified atom stereocenters. The van der Waals surface area contributed by atoms with Crippen molar-refractivity contribution in [3.8, 4) is 0 Å². The van der Waals surface area contributed by atoms with Crippen molar-refractivity contribution in [2.75, 3.05) is 0 Å². The van der Waals surface area contributed by atoms with E-state index in [1.807, 2.05) is 58.0 Å². The molecule has 3 aromatic rings. The third-order valence-electron chi connectivity index (χ3n) is 8.22. The van der Waals surface area contributed by atoms with Gasteiger partial charge in [0.2, 0.25) is 0 Å². The molecule has 0 atom stereocenters. The van der Waals surface area contributed by atoms with Crippen LogP contribution < -0.4 is 0 Å². The number of aromatic nitrogens is 4. The van der Waals surface area contributed by atoms with Crippen molar-refractivity contribution >= 4 is 68.4 Å². The van der Waals surface area contributed by atoms with Crippen molar-refractivity contribution < 1.29 is 59.7 Å². The van der Waals surface area contributed by atoms with Gasteiger partial charge in [-0.15, -0.1) is 0 Å². The smallest absolute Gasteiger partial charge is 0.303 e. The Hall–Kier alpha value is -3.66. The van der Waals surface area contributed by atoms with Crippen molar-refractivity contribution in [2.24, 2.45) is 0 Å². The Kier molecular flexibility index (Phi) is 9.69. The quantitative estimate of drug-likeness (QED) is 0.188. The van der Waals surface area contributed by atoms with Gasteiger partial charge in [0.1, 0.15) is 0 Å². The first kappa shape index (κ1) is 32.3. The van der Waals surface area contributed by atoms with Gasteiger partial charge in [-0.3, -0.25) is 9.59 Å². The summed E-state index contributed by atoms with van der Waals surface area (Å²) in [6.45, 7) is 16.1. The molecule has 0 radical (unpaired) electrons. The number of carbonyl (C=O) groups is 2. The van der Waals surface area contributed by atoms with E-state index in [-0.39, 0.29) is 52.8 Å². The summed E-state index contributed by atoms with van der Waals surface area (Å²) in [6, 6.07) is 7.88. The number of hydrogen-bond donors (Lipinski definition) is 4. The average Bonchev–Trinajstić information content (AvgIpc) is 3.59. The van der Waals surface area contributed by atoms with Gasteiger partial charge >= 0.3 is 11.9 Å². The number of carboxylic acid groups (broad SMARTS) is 2. The van der Waals surface area contributed by atoms with Gasteiger partial charge in [-0.2, -0.15) is 0 Å². The van der Waals surface area contributed by atoms with E-state index >= 15 is 0 Å². The molecule has 0 amide bonds. The summed E-state index contributed by atoms with van der Waals surface area (Å²) in [7, 11) is 0. The topological polar surface area (TPSA) is 132 Å². The first-order valence-corrected chi connectivity index (χ1v) is 13.9. The predicted octanol–water partition coefficient (Wildman–Crippen LogP) is 7.81. The van der Waals surface area contributed by atoms with Gasteiger partial charge in [0, 0.05) is 86.0 Å². The van der Waals surface area contributed by atoms with E-state index in [9.17, 15) is 19.8 Å². The Balaban J connectivity index is 0.00000423. The molecule has 5 heterocycles. The number of carboxylic acids is 2. The van der Waals surface area contributed by atoms with Crippen LogP contribution in [0, 0.1) is 53.8 Å². The minimum absolute atomic E-state index is 0. The molecule has 0 aliphatic carbocycles. The maximum atomic E-state index is 11.5. The maximum absolute atomic E-state index is 11.5. The molecule has 0 aromatic carbocycles. The van der Waals surface area contributed by atoms with Crippen molar-refractivity contribution in [1.82, 2.24) is 19.9 Å². The first-order valence-electron chi connectivity index (χ1n) is 13.9. The van der Waals surface area contributed by atoms with E-state index in [1.54, 1.807) is 0 Å². The Morgan fingerprint density at radius 2 is 1.07 bits per heavy atom. The van der Waals surface area contributed by atoms with Gasteiger partial charge < -0.3 is 20.2 Å². The van der Waals surface area contributed by atoms with Crippen molar-refractivity contribution in [1.29, 1.82) is 0 Å². The number of aryl methyl sites for hydroxylation is 2. The summed E-state index contributed by atoms with van der Waals surface area (Å²) in [6.07, 6.45) is 4.20. The van der Waals surface area contributed by atoms with Crippen LogP contribution >= 0.6 is 0 Å². The summed E-state index contributed by atoms with van der Waals surface area (Å²) in [5.41, 5.74) is 13.7. The minimum Gasteiger partial charge on any atom is -0.481 e. The number of fused-ring (bicyclic) bond motifs is 8. The van der Waals surface area contributed by atoms with Gasteiger partial charge in [-0.1, -0.05) is 25.3 Å². The van der Waals surface area contributed by atoms with E-state index in [0.717, 1.165) is 78.0 Å². The largest absolute Gasteiger partial charge is 0.481 e. The number of aromatic amines is 2. The van der Waals surface area contributed by atoms with Crippen LogP contribution in [0.5, 0.6) is 0 Å². The van der Waals surface area contributed by atoms with Gasteiger partial charge in [0.05, 0.1) is 22.8 Å². The molecule has 8 bridgehead atoms. The molecule has 4 N–H and O–H groups in total. The summed E-state index contributed by atoms with van der Waals surface area (Å²) < 4.78 is 0. The van der Waals surface area contributed by atoms with Crippen LogP contribution in [0.15, 0.2) is 37.4 Å². The van der Waals surface area contributed by atoms with Crippen LogP contribution in [-0.2, 0) is 9.59 Å². The molecule has 43 heavy (non-hydrogen) atoms. The van der Waals surface area contributed by atoms with Crippen LogP contribution in [0.25, 0.3) is 56.5 Å². The molecule has 8 nitrogen and oxygen atoms in total. The second-order valence-corrected chi connectivity index (χ2v) is 10.7. The molecule has 5 rings (SSSR count). The molecular weight excluding hydrogens is 686 g/mol. The molecular formula is C34H34GdN4O4. The van der Waals surface area contributed by atoms with E-state index < -0.39 is 11.9 Å². The van der Waals surface area contributed by atoms with Crippen molar-refractivity contribution in [3.05, 3.63) is 82.5 Å². The van der Waals surface area contributed by atoms with Gasteiger partial charge in [-0.25, -0.2) is 9.97 Å². The van der Waals surface area contributed by atoms with E-state index in [0.29, 0.717) is 24.2 Å². The van der Waals surface area contributed by atoms with Crippen LogP contribution in [0.2, 0.25) is 0 Å². The van der Waals surface area contributed by atoms with Crippen molar-refractivity contribution in [2.45, 2.75) is 53.4 Å². The first-order chi connectivity index (χ1) is 20.0. The Morgan fingerprint density at radius 3 is 1.49 bits per heavy atom. The SMILES string of the molecule is C=Cc1c(C)c2cc3[nH]c(cc4nc(cc5nc(cc1[nH]2)C(C)=C5CCC(=O)O)C(CCC(=O)O)=C4C)c(C)c3C=C.[Gd]. The average molecular weight is 720 g/mol. The molecule has 0 fully saturated rings. The zero-order valence-corrected chi connectivity index (χ0v) is 26.9.